The minimum atomic E-state index is -3.90. The number of amides is 1. The van der Waals surface area contributed by atoms with E-state index in [1.165, 1.54) is 36.1 Å². The van der Waals surface area contributed by atoms with Crippen LogP contribution in [0.25, 0.3) is 38.8 Å². The molecule has 310 valence electrons. The van der Waals surface area contributed by atoms with E-state index in [1.54, 1.807) is 18.2 Å². The van der Waals surface area contributed by atoms with Crippen molar-refractivity contribution in [1.29, 1.82) is 0 Å². The van der Waals surface area contributed by atoms with Crippen LogP contribution in [0.15, 0.2) is 65.6 Å². The summed E-state index contributed by atoms with van der Waals surface area (Å²) in [4.78, 5) is 33.8. The monoisotopic (exact) mass is 870 g/mol. The van der Waals surface area contributed by atoms with Gasteiger partial charge in [0.1, 0.15) is 35.4 Å². The summed E-state index contributed by atoms with van der Waals surface area (Å²) in [6, 6.07) is 10.2. The number of fused-ring (bicyclic) bond motifs is 5. The van der Waals surface area contributed by atoms with Gasteiger partial charge in [-0.1, -0.05) is 17.7 Å². The molecule has 2 unspecified atom stereocenters. The van der Waals surface area contributed by atoms with Crippen LogP contribution in [0.4, 0.5) is 32.2 Å². The summed E-state index contributed by atoms with van der Waals surface area (Å²) >= 11 is 6.61. The molecule has 1 saturated carbocycles. The number of rotatable bonds is 11. The lowest BCUT2D eigenvalue weighted by Gasteiger charge is -2.24. The number of carbonyl (C=O) groups is 1. The van der Waals surface area contributed by atoms with Gasteiger partial charge in [-0.2, -0.15) is 24.1 Å². The average molecular weight is 871 g/mol. The van der Waals surface area contributed by atoms with Crippen LogP contribution in [0.2, 0.25) is 5.02 Å². The number of hydrogen-bond donors (Lipinski definition) is 3. The Morgan fingerprint density at radius 3 is 2.50 bits per heavy atom. The lowest BCUT2D eigenvalue weighted by atomic mass is 10.0. The van der Waals surface area contributed by atoms with E-state index in [-0.39, 0.29) is 61.7 Å². The van der Waals surface area contributed by atoms with Gasteiger partial charge < -0.3 is 5.32 Å². The number of anilines is 1. The summed E-state index contributed by atoms with van der Waals surface area (Å²) in [6.45, 7) is -0.979. The van der Waals surface area contributed by atoms with E-state index in [1.807, 2.05) is 0 Å². The van der Waals surface area contributed by atoms with Crippen molar-refractivity contribution in [2.24, 2.45) is 13.0 Å². The third-order valence-corrected chi connectivity index (χ3v) is 11.5. The van der Waals surface area contributed by atoms with Crippen LogP contribution in [-0.4, -0.2) is 59.9 Å². The molecule has 4 aromatic heterocycles. The normalized spacial score (nSPS) is 17.3. The highest BCUT2D eigenvalue weighted by Gasteiger charge is 2.67. The maximum absolute atomic E-state index is 15.5. The molecule has 4 heterocycles. The lowest BCUT2D eigenvalue weighted by Crippen LogP contribution is -2.38. The fourth-order valence-electron chi connectivity index (χ4n) is 8.16. The third-order valence-electron chi connectivity index (χ3n) is 10.6. The van der Waals surface area contributed by atoms with Crippen LogP contribution in [-0.2, 0) is 40.8 Å². The summed E-state index contributed by atoms with van der Waals surface area (Å²) in [5, 5.41) is 17.6. The number of halogens is 7. The van der Waals surface area contributed by atoms with Gasteiger partial charge in [0.25, 0.3) is 17.9 Å². The van der Waals surface area contributed by atoms with Crippen molar-refractivity contribution in [2.75, 3.05) is 11.0 Å². The van der Waals surface area contributed by atoms with E-state index in [2.05, 4.69) is 30.4 Å². The maximum atomic E-state index is 15.5. The Kier molecular flexibility index (Phi) is 9.12. The topological polar surface area (TPSA) is 174 Å². The third kappa shape index (κ3) is 6.64. The highest BCUT2D eigenvalue weighted by Crippen LogP contribution is 2.68. The van der Waals surface area contributed by atoms with E-state index in [0.29, 0.717) is 22.0 Å². The number of aryl methyl sites for hydroxylation is 1. The summed E-state index contributed by atoms with van der Waals surface area (Å²) in [5.74, 6) is -9.00. The number of nitrogens with one attached hydrogen (secondary N) is 3. The zero-order valence-corrected chi connectivity index (χ0v) is 32.6. The Morgan fingerprint density at radius 1 is 1.07 bits per heavy atom. The van der Waals surface area contributed by atoms with Gasteiger partial charge in [-0.15, -0.1) is 0 Å². The van der Waals surface area contributed by atoms with Gasteiger partial charge in [-0.25, -0.2) is 31.0 Å². The van der Waals surface area contributed by atoms with Crippen LogP contribution in [0.3, 0.4) is 0 Å². The second-order valence-electron chi connectivity index (χ2n) is 14.7. The predicted octanol–water partition coefficient (Wildman–Crippen LogP) is 6.41. The summed E-state index contributed by atoms with van der Waals surface area (Å²) in [5.41, 5.74) is -1.37. The predicted molar refractivity (Wildman–Crippen MR) is 206 cm³/mol. The maximum Gasteiger partial charge on any atom is 0.293 e. The molecule has 0 bridgehead atoms. The number of aromatic nitrogens is 8. The molecule has 2 aliphatic rings. The molecule has 0 radical (unpaired) electrons. The van der Waals surface area contributed by atoms with Crippen molar-refractivity contribution >= 4 is 55.2 Å². The number of benzene rings is 3. The molecule has 7 aromatic rings. The number of alkyl halides is 4. The first kappa shape index (κ1) is 39.3. The standard InChI is InChI=1S/C38H29ClF6N10O4S/c1-53-32-27(6-5-23(39)30(32)35(51-53)52-60(2,58)59)55-36(48-25-12-17(24-7-8-46-49-24)3-4-20(25)37(55)57)26(11-16-9-18(40)13-19(41)10-16)47-28(56)15-54-33-29(31(50-54)34(42)43)21-14-22(21)38(33,44)45/h3-10,12-13,21-22,26,34H,11,14-15H2,1-2H3,(H,46,49)(H,47,56)(H,51,52)/t21?,22?,26-/m0/s1. The Hall–Kier alpha value is -6.22. The van der Waals surface area contributed by atoms with E-state index in [0.717, 1.165) is 23.0 Å². The van der Waals surface area contributed by atoms with Gasteiger partial charge in [-0.05, 0) is 60.4 Å². The average Bonchev–Trinajstić information content (AvgIpc) is 3.40. The Morgan fingerprint density at radius 2 is 1.82 bits per heavy atom. The van der Waals surface area contributed by atoms with E-state index in [9.17, 15) is 35.6 Å². The molecule has 1 amide bonds. The molecule has 2 aliphatic carbocycles. The van der Waals surface area contributed by atoms with Crippen LogP contribution < -0.4 is 15.6 Å². The van der Waals surface area contributed by atoms with Gasteiger partial charge >= 0.3 is 0 Å². The number of hydrogen-bond acceptors (Lipinski definition) is 8. The van der Waals surface area contributed by atoms with E-state index in [4.69, 9.17) is 16.6 Å². The molecule has 0 spiro atoms. The smallest absolute Gasteiger partial charge is 0.293 e. The summed E-state index contributed by atoms with van der Waals surface area (Å²) in [7, 11) is -2.45. The first-order valence-corrected chi connectivity index (χ1v) is 20.4. The first-order chi connectivity index (χ1) is 28.4. The number of H-pyrrole nitrogens is 1. The second-order valence-corrected chi connectivity index (χ2v) is 16.9. The van der Waals surface area contributed by atoms with Crippen molar-refractivity contribution < 1.29 is 39.6 Å². The Balaban J connectivity index is 1.25. The summed E-state index contributed by atoms with van der Waals surface area (Å²) < 4.78 is 118. The van der Waals surface area contributed by atoms with Gasteiger partial charge in [0, 0.05) is 42.8 Å². The molecule has 0 saturated heterocycles. The molecule has 22 heteroatoms. The quantitative estimate of drug-likeness (QED) is 0.125. The molecule has 1 fully saturated rings. The van der Waals surface area contributed by atoms with Crippen LogP contribution in [0.5, 0.6) is 0 Å². The zero-order valence-electron chi connectivity index (χ0n) is 31.0. The highest BCUT2D eigenvalue weighted by atomic mass is 35.5. The molecule has 60 heavy (non-hydrogen) atoms. The molecular formula is C38H29ClF6N10O4S. The van der Waals surface area contributed by atoms with E-state index < -0.39 is 87.7 Å². The largest absolute Gasteiger partial charge is 0.344 e. The van der Waals surface area contributed by atoms with Gasteiger partial charge in [0.2, 0.25) is 15.9 Å². The van der Waals surface area contributed by atoms with Crippen molar-refractivity contribution in [3.63, 3.8) is 0 Å². The highest BCUT2D eigenvalue weighted by molar-refractivity contribution is 7.92. The first-order valence-electron chi connectivity index (χ1n) is 18.1. The lowest BCUT2D eigenvalue weighted by molar-refractivity contribution is -0.123. The van der Waals surface area contributed by atoms with Gasteiger partial charge in [0.15, 0.2) is 5.82 Å². The van der Waals surface area contributed by atoms with Crippen molar-refractivity contribution in [1.82, 2.24) is 44.6 Å². The minimum absolute atomic E-state index is 0.00241. The van der Waals surface area contributed by atoms with Crippen LogP contribution in [0, 0.1) is 17.6 Å². The molecule has 14 nitrogen and oxygen atoms in total. The van der Waals surface area contributed by atoms with Gasteiger partial charge in [-0.3, -0.25) is 33.3 Å². The van der Waals surface area contributed by atoms with Crippen molar-refractivity contribution in [3.8, 4) is 16.9 Å². The zero-order chi connectivity index (χ0) is 42.6. The molecule has 3 aromatic carbocycles. The molecular weight excluding hydrogens is 842 g/mol. The van der Waals surface area contributed by atoms with Crippen LogP contribution >= 0.6 is 11.6 Å². The SMILES string of the molecule is Cn1nc(NS(C)(=O)=O)c2c(Cl)ccc(-n3c([C@H](Cc4cc(F)cc(F)c4)NC(=O)Cn4nc(C(F)F)c5c4C(F)(F)C4CC54)nc4cc(-c5ccn[nH]5)ccc4c3=O)c21. The van der Waals surface area contributed by atoms with E-state index >= 15 is 8.78 Å². The number of carbonyl (C=O) groups excluding carboxylic acids is 1. The minimum Gasteiger partial charge on any atom is -0.344 e. The second kappa shape index (κ2) is 13.9. The summed E-state index contributed by atoms with van der Waals surface area (Å²) in [6.07, 6.45) is -1.26. The van der Waals surface area contributed by atoms with Crippen molar-refractivity contribution in [3.05, 3.63) is 116 Å². The number of aromatic amines is 1. The Labute approximate surface area is 339 Å². The fraction of sp³-hybridized carbons (Fsp3) is 0.263. The van der Waals surface area contributed by atoms with Crippen LogP contribution in [0.1, 0.15) is 53.1 Å². The van der Waals surface area contributed by atoms with Gasteiger partial charge in [0.05, 0.1) is 50.5 Å². The molecule has 3 atom stereocenters. The fourth-order valence-corrected chi connectivity index (χ4v) is 8.90. The number of nitrogens with zero attached hydrogens (tertiary/aromatic N) is 7. The van der Waals surface area contributed by atoms with Crippen molar-refractivity contribution in [2.45, 2.75) is 43.7 Å². The molecule has 9 rings (SSSR count). The molecule has 3 N–H and O–H groups in total. The number of sulfonamides is 1. The molecule has 0 aliphatic heterocycles. The Bertz CT molecular complexity index is 3080.